The minimum atomic E-state index is -0.713. The molecule has 0 fully saturated rings. The number of nitrogens with two attached hydrogens (primary N) is 1. The van der Waals surface area contributed by atoms with Crippen molar-refractivity contribution in [3.05, 3.63) is 28.5 Å². The standard InChI is InChI=1S/C9H9ClFNO2/c1-2-14-9(13)7-5(10)3-4-6(11)8(7)12/h3-4H,2,12H2,1H3. The first kappa shape index (κ1) is 10.8. The molecule has 1 aromatic rings. The van der Waals surface area contributed by atoms with Gasteiger partial charge in [0.1, 0.15) is 11.4 Å². The lowest BCUT2D eigenvalue weighted by atomic mass is 10.2. The van der Waals surface area contributed by atoms with Crippen LogP contribution in [-0.4, -0.2) is 12.6 Å². The smallest absolute Gasteiger partial charge is 0.341 e. The number of benzene rings is 1. The predicted molar refractivity (Wildman–Crippen MR) is 51.8 cm³/mol. The van der Waals surface area contributed by atoms with Crippen LogP contribution in [0.1, 0.15) is 17.3 Å². The quantitative estimate of drug-likeness (QED) is 0.611. The summed E-state index contributed by atoms with van der Waals surface area (Å²) in [5.74, 6) is -1.40. The maximum absolute atomic E-state index is 13.0. The Kier molecular flexibility index (Phi) is 3.30. The highest BCUT2D eigenvalue weighted by Gasteiger charge is 2.17. The molecular weight excluding hydrogens is 209 g/mol. The molecule has 0 aliphatic rings. The maximum Gasteiger partial charge on any atom is 0.341 e. The van der Waals surface area contributed by atoms with Gasteiger partial charge in [-0.05, 0) is 19.1 Å². The van der Waals surface area contributed by atoms with Crippen LogP contribution in [0.4, 0.5) is 10.1 Å². The molecule has 0 amide bonds. The first-order chi connectivity index (χ1) is 6.57. The molecule has 14 heavy (non-hydrogen) atoms. The van der Waals surface area contributed by atoms with Gasteiger partial charge in [-0.1, -0.05) is 11.6 Å². The van der Waals surface area contributed by atoms with Crippen LogP contribution in [0.5, 0.6) is 0 Å². The third kappa shape index (κ3) is 1.96. The molecule has 0 atom stereocenters. The van der Waals surface area contributed by atoms with Gasteiger partial charge in [0.05, 0.1) is 17.3 Å². The van der Waals surface area contributed by atoms with Crippen molar-refractivity contribution in [3.8, 4) is 0 Å². The molecule has 0 bridgehead atoms. The van der Waals surface area contributed by atoms with Crippen molar-refractivity contribution in [2.24, 2.45) is 0 Å². The molecule has 3 nitrogen and oxygen atoms in total. The highest BCUT2D eigenvalue weighted by atomic mass is 35.5. The van der Waals surface area contributed by atoms with Gasteiger partial charge in [-0.15, -0.1) is 0 Å². The molecule has 0 unspecified atom stereocenters. The third-order valence-corrected chi connectivity index (χ3v) is 1.94. The third-order valence-electron chi connectivity index (χ3n) is 1.62. The van der Waals surface area contributed by atoms with Gasteiger partial charge in [-0.25, -0.2) is 9.18 Å². The molecule has 2 N–H and O–H groups in total. The molecule has 0 heterocycles. The van der Waals surface area contributed by atoms with E-state index in [0.29, 0.717) is 0 Å². The molecular formula is C9H9ClFNO2. The molecule has 0 aromatic heterocycles. The van der Waals surface area contributed by atoms with Gasteiger partial charge in [-0.3, -0.25) is 0 Å². The van der Waals surface area contributed by atoms with E-state index in [0.717, 1.165) is 6.07 Å². The summed E-state index contributed by atoms with van der Waals surface area (Å²) in [7, 11) is 0. The van der Waals surface area contributed by atoms with Crippen LogP contribution in [0.25, 0.3) is 0 Å². The summed E-state index contributed by atoms with van der Waals surface area (Å²) in [5.41, 5.74) is 4.96. The van der Waals surface area contributed by atoms with Crippen LogP contribution < -0.4 is 5.73 Å². The summed E-state index contributed by atoms with van der Waals surface area (Å²) in [6, 6.07) is 2.36. The fraction of sp³-hybridized carbons (Fsp3) is 0.222. The average Bonchev–Trinajstić information content (AvgIpc) is 2.13. The van der Waals surface area contributed by atoms with E-state index in [-0.39, 0.29) is 22.9 Å². The average molecular weight is 218 g/mol. The second-order valence-electron chi connectivity index (χ2n) is 2.54. The van der Waals surface area contributed by atoms with Gasteiger partial charge in [0.25, 0.3) is 0 Å². The van der Waals surface area contributed by atoms with Crippen molar-refractivity contribution in [2.75, 3.05) is 12.3 Å². The first-order valence-corrected chi connectivity index (χ1v) is 4.36. The summed E-state index contributed by atoms with van der Waals surface area (Å²) in [4.78, 5) is 11.3. The van der Waals surface area contributed by atoms with E-state index >= 15 is 0 Å². The fourth-order valence-corrected chi connectivity index (χ4v) is 1.22. The molecule has 0 aliphatic carbocycles. The van der Waals surface area contributed by atoms with Crippen molar-refractivity contribution in [1.82, 2.24) is 0 Å². The summed E-state index contributed by atoms with van der Waals surface area (Å²) < 4.78 is 17.6. The Morgan fingerprint density at radius 1 is 1.64 bits per heavy atom. The van der Waals surface area contributed by atoms with E-state index in [1.54, 1.807) is 6.92 Å². The molecule has 1 aromatic carbocycles. The number of carbonyl (C=O) groups excluding carboxylic acids is 1. The number of rotatable bonds is 2. The first-order valence-electron chi connectivity index (χ1n) is 3.98. The zero-order valence-corrected chi connectivity index (χ0v) is 8.27. The van der Waals surface area contributed by atoms with Crippen LogP contribution in [0.2, 0.25) is 5.02 Å². The molecule has 5 heteroatoms. The van der Waals surface area contributed by atoms with Crippen LogP contribution in [0.15, 0.2) is 12.1 Å². The van der Waals surface area contributed by atoms with Crippen molar-refractivity contribution >= 4 is 23.3 Å². The highest BCUT2D eigenvalue weighted by Crippen LogP contribution is 2.25. The Balaban J connectivity index is 3.18. The normalized spacial score (nSPS) is 9.93. The van der Waals surface area contributed by atoms with Gasteiger partial charge in [0.2, 0.25) is 0 Å². The Morgan fingerprint density at radius 3 is 2.86 bits per heavy atom. The van der Waals surface area contributed by atoms with Crippen LogP contribution in [-0.2, 0) is 4.74 Å². The van der Waals surface area contributed by atoms with Crippen LogP contribution in [0, 0.1) is 5.82 Å². The monoisotopic (exact) mass is 217 g/mol. The lowest BCUT2D eigenvalue weighted by Crippen LogP contribution is -2.10. The van der Waals surface area contributed by atoms with E-state index < -0.39 is 11.8 Å². The minimum Gasteiger partial charge on any atom is -0.462 e. The molecule has 0 saturated heterocycles. The van der Waals surface area contributed by atoms with Crippen molar-refractivity contribution in [1.29, 1.82) is 0 Å². The molecule has 0 radical (unpaired) electrons. The van der Waals surface area contributed by atoms with Crippen LogP contribution in [0.3, 0.4) is 0 Å². The minimum absolute atomic E-state index is 0.0855. The van der Waals surface area contributed by atoms with Gasteiger partial charge in [-0.2, -0.15) is 0 Å². The molecule has 0 saturated carbocycles. The SMILES string of the molecule is CCOC(=O)c1c(Cl)ccc(F)c1N. The number of hydrogen-bond donors (Lipinski definition) is 1. The summed E-state index contributed by atoms with van der Waals surface area (Å²) in [5, 5.41) is 0.0855. The molecule has 0 aliphatic heterocycles. The summed E-state index contributed by atoms with van der Waals surface area (Å²) >= 11 is 5.68. The van der Waals surface area contributed by atoms with E-state index in [9.17, 15) is 9.18 Å². The largest absolute Gasteiger partial charge is 0.462 e. The summed E-state index contributed by atoms with van der Waals surface area (Å²) in [6.07, 6.45) is 0. The van der Waals surface area contributed by atoms with E-state index in [1.165, 1.54) is 6.07 Å². The Bertz CT molecular complexity index is 368. The van der Waals surface area contributed by atoms with E-state index in [1.807, 2.05) is 0 Å². The van der Waals surface area contributed by atoms with E-state index in [4.69, 9.17) is 17.3 Å². The summed E-state index contributed by atoms with van der Waals surface area (Å²) in [6.45, 7) is 1.83. The Morgan fingerprint density at radius 2 is 2.29 bits per heavy atom. The van der Waals surface area contributed by atoms with Crippen LogP contribution >= 0.6 is 11.6 Å². The number of hydrogen-bond acceptors (Lipinski definition) is 3. The number of carbonyl (C=O) groups is 1. The van der Waals surface area contributed by atoms with Gasteiger partial charge in [0.15, 0.2) is 0 Å². The second-order valence-corrected chi connectivity index (χ2v) is 2.95. The maximum atomic E-state index is 13.0. The number of halogens is 2. The number of anilines is 1. The zero-order chi connectivity index (χ0) is 10.7. The van der Waals surface area contributed by atoms with Crippen molar-refractivity contribution < 1.29 is 13.9 Å². The predicted octanol–water partition coefficient (Wildman–Crippen LogP) is 2.24. The number of ether oxygens (including phenoxy) is 1. The van der Waals surface area contributed by atoms with Crippen molar-refractivity contribution in [2.45, 2.75) is 6.92 Å². The highest BCUT2D eigenvalue weighted by molar-refractivity contribution is 6.34. The number of nitrogen functional groups attached to an aromatic ring is 1. The second kappa shape index (κ2) is 4.28. The van der Waals surface area contributed by atoms with E-state index in [2.05, 4.69) is 4.74 Å². The molecule has 76 valence electrons. The lowest BCUT2D eigenvalue weighted by molar-refractivity contribution is 0.0527. The lowest BCUT2D eigenvalue weighted by Gasteiger charge is -2.07. The number of esters is 1. The molecule has 0 spiro atoms. The Labute approximate surface area is 85.6 Å². The fourth-order valence-electron chi connectivity index (χ4n) is 0.978. The van der Waals surface area contributed by atoms with Gasteiger partial charge >= 0.3 is 5.97 Å². The van der Waals surface area contributed by atoms with Gasteiger partial charge < -0.3 is 10.5 Å². The molecule has 1 rings (SSSR count). The topological polar surface area (TPSA) is 52.3 Å². The zero-order valence-electron chi connectivity index (χ0n) is 7.51. The van der Waals surface area contributed by atoms with Crippen molar-refractivity contribution in [3.63, 3.8) is 0 Å². The van der Waals surface area contributed by atoms with Gasteiger partial charge in [0, 0.05) is 0 Å². The Hall–Kier alpha value is -1.29.